The third-order valence-electron chi connectivity index (χ3n) is 3.21. The molecule has 1 aromatic heterocycles. The number of aliphatic hydroxyl groups excluding tert-OH is 1. The lowest BCUT2D eigenvalue weighted by atomic mass is 10.1. The lowest BCUT2D eigenvalue weighted by Gasteiger charge is -2.21. The molecular formula is C16H22ClNO4. The maximum Gasteiger partial charge on any atom is 0.194 e. The first-order valence-electron chi connectivity index (χ1n) is 7.02. The number of furan rings is 1. The van der Waals surface area contributed by atoms with E-state index in [1.807, 2.05) is 19.9 Å². The minimum Gasteiger partial charge on any atom is -0.469 e. The summed E-state index contributed by atoms with van der Waals surface area (Å²) in [6.07, 6.45) is -1.06. The molecule has 0 fully saturated rings. The SMILES string of the molecule is CC(=O)c1cc2cccc(OC(N)C(O)CC(C)C)c2o1.Cl. The second-order valence-electron chi connectivity index (χ2n) is 5.62. The van der Waals surface area contributed by atoms with Crippen LogP contribution in [0.15, 0.2) is 28.7 Å². The predicted molar refractivity (Wildman–Crippen MR) is 87.5 cm³/mol. The number of rotatable bonds is 6. The van der Waals surface area contributed by atoms with Crippen LogP contribution in [0.3, 0.4) is 0 Å². The van der Waals surface area contributed by atoms with E-state index in [1.54, 1.807) is 18.2 Å². The number of nitrogens with two attached hydrogens (primary N) is 1. The molecule has 0 aliphatic rings. The minimum absolute atomic E-state index is 0. The summed E-state index contributed by atoms with van der Waals surface area (Å²) < 4.78 is 11.1. The number of benzene rings is 1. The third-order valence-corrected chi connectivity index (χ3v) is 3.21. The number of carbonyl (C=O) groups excluding carboxylic acids is 1. The Kier molecular flexibility index (Phi) is 6.41. The Bertz CT molecular complexity index is 638. The summed E-state index contributed by atoms with van der Waals surface area (Å²) in [5.41, 5.74) is 6.34. The van der Waals surface area contributed by atoms with Crippen LogP contribution in [0.5, 0.6) is 5.75 Å². The van der Waals surface area contributed by atoms with Gasteiger partial charge in [-0.15, -0.1) is 12.4 Å². The Morgan fingerprint density at radius 3 is 2.68 bits per heavy atom. The summed E-state index contributed by atoms with van der Waals surface area (Å²) in [7, 11) is 0. The number of Topliss-reactive ketones (excluding diaryl/α,β-unsaturated/α-hetero) is 1. The Labute approximate surface area is 135 Å². The Hall–Kier alpha value is -1.56. The fraction of sp³-hybridized carbons (Fsp3) is 0.438. The average molecular weight is 328 g/mol. The molecule has 6 heteroatoms. The van der Waals surface area contributed by atoms with Crippen molar-refractivity contribution in [3.8, 4) is 5.75 Å². The van der Waals surface area contributed by atoms with Crippen molar-refractivity contribution in [3.63, 3.8) is 0 Å². The molecular weight excluding hydrogens is 306 g/mol. The summed E-state index contributed by atoms with van der Waals surface area (Å²) in [4.78, 5) is 11.4. The smallest absolute Gasteiger partial charge is 0.194 e. The molecule has 0 saturated carbocycles. The molecule has 5 nitrogen and oxygen atoms in total. The fourth-order valence-electron chi connectivity index (χ4n) is 2.14. The van der Waals surface area contributed by atoms with Gasteiger partial charge in [-0.05, 0) is 24.5 Å². The molecule has 0 radical (unpaired) electrons. The fourth-order valence-corrected chi connectivity index (χ4v) is 2.14. The van der Waals surface area contributed by atoms with Crippen molar-refractivity contribution in [2.45, 2.75) is 39.5 Å². The van der Waals surface area contributed by atoms with Crippen LogP contribution in [-0.2, 0) is 0 Å². The molecule has 0 aliphatic carbocycles. The van der Waals surface area contributed by atoms with E-state index >= 15 is 0 Å². The van der Waals surface area contributed by atoms with Crippen molar-refractivity contribution in [2.24, 2.45) is 11.7 Å². The molecule has 22 heavy (non-hydrogen) atoms. The molecule has 2 unspecified atom stereocenters. The minimum atomic E-state index is -0.844. The maximum atomic E-state index is 11.4. The van der Waals surface area contributed by atoms with Crippen molar-refractivity contribution in [1.29, 1.82) is 0 Å². The zero-order chi connectivity index (χ0) is 15.6. The van der Waals surface area contributed by atoms with E-state index in [-0.39, 0.29) is 24.0 Å². The van der Waals surface area contributed by atoms with Crippen LogP contribution < -0.4 is 10.5 Å². The Morgan fingerprint density at radius 2 is 2.09 bits per heavy atom. The normalized spacial score (nSPS) is 13.7. The number of ether oxygens (including phenoxy) is 1. The summed E-state index contributed by atoms with van der Waals surface area (Å²) >= 11 is 0. The van der Waals surface area contributed by atoms with E-state index < -0.39 is 12.3 Å². The van der Waals surface area contributed by atoms with E-state index in [0.29, 0.717) is 23.7 Å². The van der Waals surface area contributed by atoms with Gasteiger partial charge in [-0.3, -0.25) is 10.5 Å². The first-order chi connectivity index (χ1) is 9.88. The Balaban J connectivity index is 0.00000242. The first-order valence-corrected chi connectivity index (χ1v) is 7.02. The summed E-state index contributed by atoms with van der Waals surface area (Å²) in [5.74, 6) is 0.868. The molecule has 2 rings (SSSR count). The van der Waals surface area contributed by atoms with Gasteiger partial charge < -0.3 is 14.3 Å². The molecule has 3 N–H and O–H groups in total. The van der Waals surface area contributed by atoms with Crippen molar-refractivity contribution in [3.05, 3.63) is 30.0 Å². The van der Waals surface area contributed by atoms with Gasteiger partial charge in [0.15, 0.2) is 29.1 Å². The number of para-hydroxylation sites is 1. The van der Waals surface area contributed by atoms with Crippen molar-refractivity contribution in [1.82, 2.24) is 0 Å². The van der Waals surface area contributed by atoms with E-state index in [1.165, 1.54) is 6.92 Å². The van der Waals surface area contributed by atoms with Gasteiger partial charge in [0.25, 0.3) is 0 Å². The van der Waals surface area contributed by atoms with Crippen LogP contribution in [0.1, 0.15) is 37.7 Å². The zero-order valence-corrected chi connectivity index (χ0v) is 13.7. The standard InChI is InChI=1S/C16H21NO4.ClH/c1-9(2)7-12(19)16(17)21-13-6-4-5-11-8-14(10(3)18)20-15(11)13;/h4-6,8-9,12,16,19H,7,17H2,1-3H3;1H. The molecule has 0 aliphatic heterocycles. The molecule has 1 aromatic carbocycles. The van der Waals surface area contributed by atoms with Gasteiger partial charge in [-0.2, -0.15) is 0 Å². The van der Waals surface area contributed by atoms with Crippen LogP contribution in [0, 0.1) is 5.92 Å². The van der Waals surface area contributed by atoms with Gasteiger partial charge in [0.05, 0.1) is 0 Å². The number of aliphatic hydroxyl groups is 1. The number of carbonyl (C=O) groups is 1. The molecule has 2 atom stereocenters. The van der Waals surface area contributed by atoms with Crippen LogP contribution in [0.2, 0.25) is 0 Å². The predicted octanol–water partition coefficient (Wildman–Crippen LogP) is 3.13. The summed E-state index contributed by atoms with van der Waals surface area (Å²) in [6.45, 7) is 5.45. The zero-order valence-electron chi connectivity index (χ0n) is 12.9. The number of halogens is 1. The molecule has 1 heterocycles. The highest BCUT2D eigenvalue weighted by atomic mass is 35.5. The van der Waals surface area contributed by atoms with E-state index in [0.717, 1.165) is 5.39 Å². The highest BCUT2D eigenvalue weighted by molar-refractivity contribution is 5.97. The van der Waals surface area contributed by atoms with Gasteiger partial charge in [-0.25, -0.2) is 0 Å². The number of ketones is 1. The lowest BCUT2D eigenvalue weighted by Crippen LogP contribution is -2.40. The van der Waals surface area contributed by atoms with Gasteiger partial charge in [0.1, 0.15) is 6.10 Å². The highest BCUT2D eigenvalue weighted by Crippen LogP contribution is 2.29. The van der Waals surface area contributed by atoms with Crippen LogP contribution in [0.25, 0.3) is 11.0 Å². The van der Waals surface area contributed by atoms with Gasteiger partial charge in [0, 0.05) is 12.3 Å². The van der Waals surface area contributed by atoms with Crippen molar-refractivity contribution >= 4 is 29.2 Å². The molecule has 0 bridgehead atoms. The topological polar surface area (TPSA) is 85.7 Å². The summed E-state index contributed by atoms with van der Waals surface area (Å²) in [6, 6.07) is 6.99. The van der Waals surface area contributed by atoms with Crippen LogP contribution in [-0.4, -0.2) is 23.2 Å². The number of fused-ring (bicyclic) bond motifs is 1. The maximum absolute atomic E-state index is 11.4. The van der Waals surface area contributed by atoms with Crippen molar-refractivity contribution in [2.75, 3.05) is 0 Å². The van der Waals surface area contributed by atoms with Gasteiger partial charge >= 0.3 is 0 Å². The molecule has 0 saturated heterocycles. The van der Waals surface area contributed by atoms with Crippen LogP contribution >= 0.6 is 12.4 Å². The van der Waals surface area contributed by atoms with Crippen molar-refractivity contribution < 1.29 is 19.1 Å². The van der Waals surface area contributed by atoms with E-state index in [9.17, 15) is 9.90 Å². The molecule has 0 amide bonds. The number of hydrogen-bond acceptors (Lipinski definition) is 5. The quantitative estimate of drug-likeness (QED) is 0.629. The second-order valence-corrected chi connectivity index (χ2v) is 5.62. The average Bonchev–Trinajstić information content (AvgIpc) is 2.83. The Morgan fingerprint density at radius 1 is 1.41 bits per heavy atom. The lowest BCUT2D eigenvalue weighted by molar-refractivity contribution is 0.0271. The largest absolute Gasteiger partial charge is 0.469 e. The monoisotopic (exact) mass is 327 g/mol. The highest BCUT2D eigenvalue weighted by Gasteiger charge is 2.20. The molecule has 122 valence electrons. The third kappa shape index (κ3) is 4.22. The number of hydrogen-bond donors (Lipinski definition) is 2. The van der Waals surface area contributed by atoms with Gasteiger partial charge in [0.2, 0.25) is 0 Å². The van der Waals surface area contributed by atoms with E-state index in [2.05, 4.69) is 0 Å². The molecule has 2 aromatic rings. The van der Waals surface area contributed by atoms with E-state index in [4.69, 9.17) is 14.9 Å². The summed E-state index contributed by atoms with van der Waals surface area (Å²) in [5, 5.41) is 10.7. The van der Waals surface area contributed by atoms with Crippen LogP contribution in [0.4, 0.5) is 0 Å². The second kappa shape index (κ2) is 7.63. The molecule has 0 spiro atoms. The van der Waals surface area contributed by atoms with Gasteiger partial charge in [-0.1, -0.05) is 26.0 Å². The first kappa shape index (κ1) is 18.5.